The lowest BCUT2D eigenvalue weighted by atomic mass is 9.85. The summed E-state index contributed by atoms with van der Waals surface area (Å²) in [6.07, 6.45) is 7.89. The minimum Gasteiger partial charge on any atom is -0.480 e. The predicted molar refractivity (Wildman–Crippen MR) is 100 cm³/mol. The Labute approximate surface area is 156 Å². The highest BCUT2D eigenvalue weighted by Crippen LogP contribution is 2.26. The molecule has 0 atom stereocenters. The molecule has 0 radical (unpaired) electrons. The van der Waals surface area contributed by atoms with E-state index in [1.165, 1.54) is 32.4 Å². The number of hydrogen-bond acceptors (Lipinski definition) is 4. The number of piperidine rings is 2. The number of likely N-dealkylation sites (tertiary alicyclic amines) is 2. The molecule has 2 aliphatic heterocycles. The van der Waals surface area contributed by atoms with Gasteiger partial charge in [0.05, 0.1) is 6.54 Å². The zero-order valence-electron chi connectivity index (χ0n) is 16.0. The number of carboxylic acids is 1. The molecular weight excluding hydrogens is 332 g/mol. The molecule has 26 heavy (non-hydrogen) atoms. The third kappa shape index (κ3) is 4.88. The van der Waals surface area contributed by atoms with E-state index in [-0.39, 0.29) is 24.7 Å². The van der Waals surface area contributed by atoms with Gasteiger partial charge in [-0.2, -0.15) is 0 Å². The molecule has 148 valence electrons. The van der Waals surface area contributed by atoms with E-state index in [0.717, 1.165) is 45.3 Å². The van der Waals surface area contributed by atoms with Gasteiger partial charge in [0.2, 0.25) is 0 Å². The van der Waals surface area contributed by atoms with E-state index in [4.69, 9.17) is 5.11 Å². The van der Waals surface area contributed by atoms with Crippen LogP contribution in [-0.2, 0) is 4.79 Å². The lowest BCUT2D eigenvalue weighted by Gasteiger charge is -2.44. The molecular formula is C19H34N4O3. The average Bonchev–Trinajstić information content (AvgIpc) is 2.63. The molecule has 1 aliphatic carbocycles. The third-order valence-corrected chi connectivity index (χ3v) is 6.36. The van der Waals surface area contributed by atoms with Crippen LogP contribution >= 0.6 is 0 Å². The maximum Gasteiger partial charge on any atom is 0.317 e. The minimum atomic E-state index is -0.782. The van der Waals surface area contributed by atoms with Gasteiger partial charge in [0.25, 0.3) is 0 Å². The van der Waals surface area contributed by atoms with Gasteiger partial charge in [-0.25, -0.2) is 4.79 Å². The maximum atomic E-state index is 12.5. The van der Waals surface area contributed by atoms with Crippen LogP contribution < -0.4 is 5.32 Å². The summed E-state index contributed by atoms with van der Waals surface area (Å²) in [6.45, 7) is 6.97. The van der Waals surface area contributed by atoms with E-state index in [1.54, 1.807) is 0 Å². The smallest absolute Gasteiger partial charge is 0.317 e. The number of rotatable bonds is 6. The fourth-order valence-corrected chi connectivity index (χ4v) is 4.66. The first-order chi connectivity index (χ1) is 12.6. The van der Waals surface area contributed by atoms with Crippen LogP contribution in [0.2, 0.25) is 0 Å². The maximum absolute atomic E-state index is 12.5. The molecule has 0 spiro atoms. The lowest BCUT2D eigenvalue weighted by Crippen LogP contribution is -2.58. The zero-order valence-corrected chi connectivity index (χ0v) is 16.0. The second-order valence-corrected chi connectivity index (χ2v) is 8.04. The molecule has 1 saturated carbocycles. The van der Waals surface area contributed by atoms with Crippen molar-refractivity contribution in [3.63, 3.8) is 0 Å². The van der Waals surface area contributed by atoms with Gasteiger partial charge in [-0.3, -0.25) is 9.69 Å². The average molecular weight is 367 g/mol. The quantitative estimate of drug-likeness (QED) is 0.746. The number of nitrogens with zero attached hydrogens (tertiary/aromatic N) is 3. The van der Waals surface area contributed by atoms with Gasteiger partial charge in [0.15, 0.2) is 0 Å². The Kier molecular flexibility index (Phi) is 6.75. The van der Waals surface area contributed by atoms with Crippen LogP contribution in [0.1, 0.15) is 51.9 Å². The van der Waals surface area contributed by atoms with Crippen molar-refractivity contribution in [2.45, 2.75) is 70.0 Å². The van der Waals surface area contributed by atoms with Crippen LogP contribution in [0.5, 0.6) is 0 Å². The molecule has 0 aromatic carbocycles. The van der Waals surface area contributed by atoms with Crippen LogP contribution in [0.15, 0.2) is 0 Å². The number of aliphatic carboxylic acids is 1. The van der Waals surface area contributed by atoms with Gasteiger partial charge in [-0.15, -0.1) is 0 Å². The molecule has 0 unspecified atom stereocenters. The van der Waals surface area contributed by atoms with E-state index >= 15 is 0 Å². The van der Waals surface area contributed by atoms with E-state index in [1.807, 2.05) is 16.7 Å². The Bertz CT molecular complexity index is 481. The van der Waals surface area contributed by atoms with Crippen molar-refractivity contribution >= 4 is 12.0 Å². The number of amides is 2. The molecule has 2 amide bonds. The van der Waals surface area contributed by atoms with Gasteiger partial charge in [0.1, 0.15) is 0 Å². The van der Waals surface area contributed by atoms with Crippen LogP contribution in [-0.4, -0.2) is 89.2 Å². The Balaban J connectivity index is 1.35. The van der Waals surface area contributed by atoms with E-state index in [0.29, 0.717) is 6.04 Å². The van der Waals surface area contributed by atoms with Crippen LogP contribution in [0.4, 0.5) is 4.79 Å². The molecule has 2 heterocycles. The number of hydrogen-bond donors (Lipinski definition) is 2. The molecule has 3 fully saturated rings. The molecule has 0 bridgehead atoms. The number of likely N-dealkylation sites (N-methyl/N-ethyl adjacent to an activating group) is 1. The third-order valence-electron chi connectivity index (χ3n) is 6.36. The van der Waals surface area contributed by atoms with Crippen LogP contribution in [0, 0.1) is 0 Å². The largest absolute Gasteiger partial charge is 0.480 e. The molecule has 2 N–H and O–H groups in total. The Hall–Kier alpha value is -1.34. The fourth-order valence-electron chi connectivity index (χ4n) is 4.66. The van der Waals surface area contributed by atoms with E-state index in [9.17, 15) is 9.59 Å². The molecule has 7 nitrogen and oxygen atoms in total. The van der Waals surface area contributed by atoms with Crippen molar-refractivity contribution in [1.29, 1.82) is 0 Å². The molecule has 2 saturated heterocycles. The van der Waals surface area contributed by atoms with Gasteiger partial charge in [-0.05, 0) is 58.2 Å². The lowest BCUT2D eigenvalue weighted by molar-refractivity contribution is -0.139. The summed E-state index contributed by atoms with van der Waals surface area (Å²) in [4.78, 5) is 30.0. The molecule has 0 aromatic heterocycles. The van der Waals surface area contributed by atoms with Gasteiger partial charge >= 0.3 is 12.0 Å². The Morgan fingerprint density at radius 1 is 1.08 bits per heavy atom. The first kappa shape index (κ1) is 19.4. The summed E-state index contributed by atoms with van der Waals surface area (Å²) in [7, 11) is 0. The van der Waals surface area contributed by atoms with Crippen molar-refractivity contribution in [1.82, 2.24) is 20.0 Å². The van der Waals surface area contributed by atoms with Gasteiger partial charge < -0.3 is 20.2 Å². The number of nitrogens with one attached hydrogen (secondary N) is 1. The van der Waals surface area contributed by atoms with Crippen molar-refractivity contribution in [2.24, 2.45) is 0 Å². The monoisotopic (exact) mass is 366 g/mol. The molecule has 7 heteroatoms. The number of carbonyl (C=O) groups is 2. The summed E-state index contributed by atoms with van der Waals surface area (Å²) in [5, 5.41) is 12.1. The summed E-state index contributed by atoms with van der Waals surface area (Å²) in [6, 6.07) is 1.19. The molecule has 3 aliphatic rings. The van der Waals surface area contributed by atoms with Crippen LogP contribution in [0.25, 0.3) is 0 Å². The summed E-state index contributed by atoms with van der Waals surface area (Å²) in [5.74, 6) is -0.782. The predicted octanol–water partition coefficient (Wildman–Crippen LogP) is 1.58. The first-order valence-electron chi connectivity index (χ1n) is 10.3. The highest BCUT2D eigenvalue weighted by atomic mass is 16.4. The summed E-state index contributed by atoms with van der Waals surface area (Å²) in [5.41, 5.74) is 0. The normalized spacial score (nSPS) is 28.0. The van der Waals surface area contributed by atoms with Crippen molar-refractivity contribution in [2.75, 3.05) is 39.3 Å². The van der Waals surface area contributed by atoms with Gasteiger partial charge in [0, 0.05) is 31.2 Å². The molecule has 0 aromatic rings. The Morgan fingerprint density at radius 2 is 1.73 bits per heavy atom. The van der Waals surface area contributed by atoms with Gasteiger partial charge in [-0.1, -0.05) is 13.3 Å². The minimum absolute atomic E-state index is 0.0619. The fraction of sp³-hybridized carbons (Fsp3) is 0.895. The van der Waals surface area contributed by atoms with E-state index < -0.39 is 5.97 Å². The second-order valence-electron chi connectivity index (χ2n) is 8.04. The Morgan fingerprint density at radius 3 is 2.31 bits per heavy atom. The van der Waals surface area contributed by atoms with E-state index in [2.05, 4.69) is 10.2 Å². The van der Waals surface area contributed by atoms with Crippen molar-refractivity contribution in [3.8, 4) is 0 Å². The topological polar surface area (TPSA) is 76.1 Å². The number of urea groups is 1. The highest BCUT2D eigenvalue weighted by Gasteiger charge is 2.36. The number of carbonyl (C=O) groups excluding carboxylic acids is 1. The number of carboxylic acid groups (broad SMARTS) is 1. The summed E-state index contributed by atoms with van der Waals surface area (Å²) >= 11 is 0. The zero-order chi connectivity index (χ0) is 18.5. The van der Waals surface area contributed by atoms with Crippen LogP contribution in [0.3, 0.4) is 0 Å². The molecule has 3 rings (SSSR count). The standard InChI is InChI=1S/C19H34N4O3/c1-2-21(14-18(24)25)17-12-15(13-17)20-19(26)23-10-6-16(7-11-23)22-8-4-3-5-9-22/h15-17H,2-14H2,1H3,(H,20,26)(H,24,25). The SMILES string of the molecule is CCN(CC(=O)O)C1CC(NC(=O)N2CCC(N3CCCCC3)CC2)C1. The highest BCUT2D eigenvalue weighted by molar-refractivity contribution is 5.74. The van der Waals surface area contributed by atoms with Crippen molar-refractivity contribution < 1.29 is 14.7 Å². The summed E-state index contributed by atoms with van der Waals surface area (Å²) < 4.78 is 0. The second kappa shape index (κ2) is 9.04. The van der Waals surface area contributed by atoms with Crippen molar-refractivity contribution in [3.05, 3.63) is 0 Å². The first-order valence-corrected chi connectivity index (χ1v) is 10.3.